The lowest BCUT2D eigenvalue weighted by Crippen LogP contribution is -2.07. The predicted octanol–water partition coefficient (Wildman–Crippen LogP) is 3.21. The molecule has 2 aromatic rings. The molecule has 0 aliphatic carbocycles. The molecule has 0 amide bonds. The Bertz CT molecular complexity index is 552. The first-order chi connectivity index (χ1) is 8.56. The number of thiophene rings is 1. The molecule has 0 aliphatic heterocycles. The monoisotopic (exact) mass is 330 g/mol. The third-order valence-electron chi connectivity index (χ3n) is 2.32. The van der Waals surface area contributed by atoms with Crippen LogP contribution >= 0.6 is 27.3 Å². The molecule has 0 aromatic carbocycles. The van der Waals surface area contributed by atoms with Gasteiger partial charge in [0.15, 0.2) is 0 Å². The standard InChI is InChI=1S/C11H11BrN2O3S/c1-6(5-9(15)16)4-8-13-14-11(17-8)10-7(12)2-3-18-10/h2-3,6H,4-5H2,1H3,(H,15,16). The molecular weight excluding hydrogens is 320 g/mol. The summed E-state index contributed by atoms with van der Waals surface area (Å²) in [7, 11) is 0. The van der Waals surface area contributed by atoms with E-state index in [4.69, 9.17) is 9.52 Å². The fourth-order valence-corrected chi connectivity index (χ4v) is 3.00. The van der Waals surface area contributed by atoms with Gasteiger partial charge in [0.1, 0.15) is 4.88 Å². The van der Waals surface area contributed by atoms with E-state index in [9.17, 15) is 4.79 Å². The topological polar surface area (TPSA) is 76.2 Å². The lowest BCUT2D eigenvalue weighted by molar-refractivity contribution is -0.137. The van der Waals surface area contributed by atoms with Gasteiger partial charge in [-0.1, -0.05) is 6.92 Å². The minimum absolute atomic E-state index is 0.0254. The van der Waals surface area contributed by atoms with Crippen LogP contribution in [0.5, 0.6) is 0 Å². The zero-order valence-electron chi connectivity index (χ0n) is 9.59. The number of carbonyl (C=O) groups is 1. The predicted molar refractivity (Wildman–Crippen MR) is 70.4 cm³/mol. The summed E-state index contributed by atoms with van der Waals surface area (Å²) in [5.74, 6) is 0.0965. The van der Waals surface area contributed by atoms with Gasteiger partial charge >= 0.3 is 5.97 Å². The Morgan fingerprint density at radius 2 is 2.39 bits per heavy atom. The van der Waals surface area contributed by atoms with Gasteiger partial charge in [0.05, 0.1) is 0 Å². The van der Waals surface area contributed by atoms with Crippen LogP contribution in [-0.2, 0) is 11.2 Å². The Kier molecular flexibility index (Phi) is 4.13. The highest BCUT2D eigenvalue weighted by atomic mass is 79.9. The van der Waals surface area contributed by atoms with E-state index in [1.807, 2.05) is 18.4 Å². The molecule has 0 spiro atoms. The molecule has 0 fully saturated rings. The van der Waals surface area contributed by atoms with Gasteiger partial charge in [-0.2, -0.15) is 0 Å². The van der Waals surface area contributed by atoms with Gasteiger partial charge in [0, 0.05) is 17.3 Å². The van der Waals surface area contributed by atoms with Crippen LogP contribution in [0.1, 0.15) is 19.2 Å². The quantitative estimate of drug-likeness (QED) is 0.910. The molecule has 2 aromatic heterocycles. The Balaban J connectivity index is 2.07. The molecule has 0 radical (unpaired) electrons. The number of aliphatic carboxylic acids is 1. The van der Waals surface area contributed by atoms with Gasteiger partial charge < -0.3 is 9.52 Å². The number of hydrogen-bond acceptors (Lipinski definition) is 5. The average molecular weight is 331 g/mol. The SMILES string of the molecule is CC(CC(=O)O)Cc1nnc(-c2sccc2Br)o1. The summed E-state index contributed by atoms with van der Waals surface area (Å²) in [6, 6.07) is 1.91. The molecule has 1 unspecified atom stereocenters. The van der Waals surface area contributed by atoms with E-state index in [-0.39, 0.29) is 12.3 Å². The highest BCUT2D eigenvalue weighted by molar-refractivity contribution is 9.10. The van der Waals surface area contributed by atoms with Crippen molar-refractivity contribution >= 4 is 33.2 Å². The lowest BCUT2D eigenvalue weighted by atomic mass is 10.0. The number of nitrogens with zero attached hydrogens (tertiary/aromatic N) is 2. The molecule has 0 aliphatic rings. The van der Waals surface area contributed by atoms with Crippen molar-refractivity contribution < 1.29 is 14.3 Å². The van der Waals surface area contributed by atoms with Crippen molar-refractivity contribution in [1.29, 1.82) is 0 Å². The van der Waals surface area contributed by atoms with Crippen LogP contribution in [0.25, 0.3) is 10.8 Å². The molecular formula is C11H11BrN2O3S. The van der Waals surface area contributed by atoms with Gasteiger partial charge in [0.25, 0.3) is 5.89 Å². The van der Waals surface area contributed by atoms with Gasteiger partial charge in [-0.25, -0.2) is 0 Å². The molecule has 96 valence electrons. The van der Waals surface area contributed by atoms with Crippen LogP contribution in [-0.4, -0.2) is 21.3 Å². The number of halogens is 1. The lowest BCUT2D eigenvalue weighted by Gasteiger charge is -2.03. The zero-order valence-corrected chi connectivity index (χ0v) is 12.0. The minimum atomic E-state index is -0.816. The van der Waals surface area contributed by atoms with Gasteiger partial charge in [-0.05, 0) is 33.3 Å². The fraction of sp³-hybridized carbons (Fsp3) is 0.364. The van der Waals surface area contributed by atoms with Crippen LogP contribution in [0.4, 0.5) is 0 Å². The summed E-state index contributed by atoms with van der Waals surface area (Å²) in [5.41, 5.74) is 0. The molecule has 7 heteroatoms. The fourth-order valence-electron chi connectivity index (χ4n) is 1.54. The Hall–Kier alpha value is -1.21. The van der Waals surface area contributed by atoms with E-state index >= 15 is 0 Å². The maximum atomic E-state index is 10.6. The summed E-state index contributed by atoms with van der Waals surface area (Å²) >= 11 is 4.91. The molecule has 5 nitrogen and oxygen atoms in total. The highest BCUT2D eigenvalue weighted by Crippen LogP contribution is 2.32. The van der Waals surface area contributed by atoms with Crippen molar-refractivity contribution in [3.63, 3.8) is 0 Å². The third-order valence-corrected chi connectivity index (χ3v) is 4.15. The van der Waals surface area contributed by atoms with Crippen molar-refractivity contribution in [1.82, 2.24) is 10.2 Å². The first-order valence-electron chi connectivity index (χ1n) is 5.33. The van der Waals surface area contributed by atoms with E-state index in [0.717, 1.165) is 9.35 Å². The van der Waals surface area contributed by atoms with Crippen molar-refractivity contribution in [3.05, 3.63) is 21.8 Å². The number of aromatic nitrogens is 2. The van der Waals surface area contributed by atoms with Gasteiger partial charge in [-0.3, -0.25) is 4.79 Å². The second-order valence-electron chi connectivity index (χ2n) is 4.01. The molecule has 2 heterocycles. The number of carboxylic acid groups (broad SMARTS) is 1. The van der Waals surface area contributed by atoms with E-state index in [1.54, 1.807) is 0 Å². The summed E-state index contributed by atoms with van der Waals surface area (Å²) in [5, 5.41) is 18.5. The van der Waals surface area contributed by atoms with E-state index in [1.165, 1.54) is 11.3 Å². The maximum absolute atomic E-state index is 10.6. The van der Waals surface area contributed by atoms with Crippen LogP contribution in [0, 0.1) is 5.92 Å². The van der Waals surface area contributed by atoms with Crippen LogP contribution in [0.2, 0.25) is 0 Å². The molecule has 0 saturated heterocycles. The molecule has 0 bridgehead atoms. The maximum Gasteiger partial charge on any atom is 0.303 e. The third kappa shape index (κ3) is 3.17. The summed E-state index contributed by atoms with van der Waals surface area (Å²) in [4.78, 5) is 11.5. The van der Waals surface area contributed by atoms with Crippen molar-refractivity contribution in [3.8, 4) is 10.8 Å². The average Bonchev–Trinajstić information content (AvgIpc) is 2.85. The van der Waals surface area contributed by atoms with Crippen LogP contribution in [0.3, 0.4) is 0 Å². The van der Waals surface area contributed by atoms with Gasteiger partial charge in [-0.15, -0.1) is 21.5 Å². The number of rotatable bonds is 5. The Morgan fingerprint density at radius 1 is 1.61 bits per heavy atom. The van der Waals surface area contributed by atoms with Crippen molar-refractivity contribution in [2.24, 2.45) is 5.92 Å². The second kappa shape index (κ2) is 5.62. The second-order valence-corrected chi connectivity index (χ2v) is 5.78. The molecule has 18 heavy (non-hydrogen) atoms. The minimum Gasteiger partial charge on any atom is -0.481 e. The summed E-state index contributed by atoms with van der Waals surface area (Å²) in [6.45, 7) is 1.85. The highest BCUT2D eigenvalue weighted by Gasteiger charge is 2.16. The molecule has 0 saturated carbocycles. The van der Waals surface area contributed by atoms with Crippen molar-refractivity contribution in [2.45, 2.75) is 19.8 Å². The summed E-state index contributed by atoms with van der Waals surface area (Å²) < 4.78 is 6.44. The van der Waals surface area contributed by atoms with Crippen LogP contribution < -0.4 is 0 Å². The first-order valence-corrected chi connectivity index (χ1v) is 7.01. The van der Waals surface area contributed by atoms with E-state index < -0.39 is 5.97 Å². The van der Waals surface area contributed by atoms with Crippen molar-refractivity contribution in [2.75, 3.05) is 0 Å². The number of hydrogen-bond donors (Lipinski definition) is 1. The normalized spacial score (nSPS) is 12.6. The molecule has 1 N–H and O–H groups in total. The zero-order chi connectivity index (χ0) is 13.1. The Morgan fingerprint density at radius 3 is 3.00 bits per heavy atom. The van der Waals surface area contributed by atoms with E-state index in [2.05, 4.69) is 26.1 Å². The smallest absolute Gasteiger partial charge is 0.303 e. The van der Waals surface area contributed by atoms with E-state index in [0.29, 0.717) is 18.2 Å². The Labute approximate surface area is 116 Å². The van der Waals surface area contributed by atoms with Crippen LogP contribution in [0.15, 0.2) is 20.3 Å². The van der Waals surface area contributed by atoms with Gasteiger partial charge in [0.2, 0.25) is 5.89 Å². The largest absolute Gasteiger partial charge is 0.481 e. The molecule has 1 atom stereocenters. The number of carboxylic acids is 1. The molecule has 2 rings (SSSR count). The first kappa shape index (κ1) is 13.2. The summed E-state index contributed by atoms with van der Waals surface area (Å²) in [6.07, 6.45) is 0.572.